The monoisotopic (exact) mass is 502 g/mol. The van der Waals surface area contributed by atoms with E-state index >= 15 is 0 Å². The third-order valence-corrected chi connectivity index (χ3v) is 6.09. The molecule has 1 unspecified atom stereocenters. The van der Waals surface area contributed by atoms with Gasteiger partial charge in [-0.15, -0.1) is 0 Å². The van der Waals surface area contributed by atoms with Gasteiger partial charge in [0.2, 0.25) is 5.88 Å². The van der Waals surface area contributed by atoms with Gasteiger partial charge in [0, 0.05) is 16.7 Å². The maximum absolute atomic E-state index is 12.5. The predicted molar refractivity (Wildman–Crippen MR) is 138 cm³/mol. The third kappa shape index (κ3) is 5.99. The van der Waals surface area contributed by atoms with Gasteiger partial charge in [0.25, 0.3) is 0 Å². The van der Waals surface area contributed by atoms with Crippen LogP contribution in [-0.2, 0) is 11.2 Å². The van der Waals surface area contributed by atoms with Crippen LogP contribution in [0.15, 0.2) is 78.2 Å². The summed E-state index contributed by atoms with van der Waals surface area (Å²) in [7, 11) is 0. The zero-order valence-electron chi connectivity index (χ0n) is 20.2. The van der Waals surface area contributed by atoms with E-state index in [4.69, 9.17) is 31.5 Å². The Morgan fingerprint density at radius 3 is 2.61 bits per heavy atom. The molecule has 0 aliphatic carbocycles. The van der Waals surface area contributed by atoms with Crippen LogP contribution < -0.4 is 19.9 Å². The van der Waals surface area contributed by atoms with Gasteiger partial charge in [-0.05, 0) is 53.8 Å². The van der Waals surface area contributed by atoms with Crippen LogP contribution in [0.25, 0.3) is 0 Å². The van der Waals surface area contributed by atoms with Gasteiger partial charge >= 0.3 is 5.97 Å². The topological polar surface area (TPSA) is 94.6 Å². The Morgan fingerprint density at radius 2 is 1.89 bits per heavy atom. The molecule has 6 nitrogen and oxygen atoms in total. The molecule has 1 aliphatic rings. The molecule has 0 aromatic heterocycles. The minimum absolute atomic E-state index is 0.0192. The summed E-state index contributed by atoms with van der Waals surface area (Å²) in [4.78, 5) is 12.5. The second kappa shape index (κ2) is 11.2. The van der Waals surface area contributed by atoms with Crippen molar-refractivity contribution in [2.45, 2.75) is 32.6 Å². The Labute approximate surface area is 215 Å². The fourth-order valence-corrected chi connectivity index (χ4v) is 4.10. The van der Waals surface area contributed by atoms with Crippen LogP contribution >= 0.6 is 11.6 Å². The molecule has 1 aliphatic heterocycles. The number of esters is 1. The SMILES string of the molecule is CC(C)CCOc1cccc(C2C(C#N)=C(N)Oc3cc(OC(=O)Cc4ccc(Cl)cc4)ccc32)c1. The molecule has 4 rings (SSSR count). The smallest absolute Gasteiger partial charge is 0.315 e. The highest BCUT2D eigenvalue weighted by Crippen LogP contribution is 2.44. The van der Waals surface area contributed by atoms with Crippen molar-refractivity contribution in [2.24, 2.45) is 11.7 Å². The van der Waals surface area contributed by atoms with E-state index < -0.39 is 11.9 Å². The van der Waals surface area contributed by atoms with Gasteiger partial charge in [0.05, 0.1) is 18.9 Å². The molecular weight excluding hydrogens is 476 g/mol. The van der Waals surface area contributed by atoms with Gasteiger partial charge in [-0.1, -0.05) is 55.8 Å². The summed E-state index contributed by atoms with van der Waals surface area (Å²) < 4.78 is 17.2. The second-order valence-corrected chi connectivity index (χ2v) is 9.44. The summed E-state index contributed by atoms with van der Waals surface area (Å²) in [5.74, 6) is 1.18. The lowest BCUT2D eigenvalue weighted by molar-refractivity contribution is -0.133. The number of halogens is 1. The molecular formula is C29H27ClN2O4. The van der Waals surface area contributed by atoms with Crippen molar-refractivity contribution in [3.63, 3.8) is 0 Å². The fraction of sp³-hybridized carbons (Fsp3) is 0.241. The average molecular weight is 503 g/mol. The largest absolute Gasteiger partial charge is 0.494 e. The first kappa shape index (κ1) is 25.2. The summed E-state index contributed by atoms with van der Waals surface area (Å²) >= 11 is 5.91. The number of nitriles is 1. The van der Waals surface area contributed by atoms with E-state index in [-0.39, 0.29) is 12.3 Å². The zero-order chi connectivity index (χ0) is 25.7. The predicted octanol–water partition coefficient (Wildman–Crippen LogP) is 6.13. The molecule has 0 radical (unpaired) electrons. The van der Waals surface area contributed by atoms with Crippen molar-refractivity contribution < 1.29 is 19.0 Å². The number of fused-ring (bicyclic) bond motifs is 1. The van der Waals surface area contributed by atoms with Gasteiger partial charge in [-0.3, -0.25) is 4.79 Å². The zero-order valence-corrected chi connectivity index (χ0v) is 20.9. The average Bonchev–Trinajstić information content (AvgIpc) is 2.84. The van der Waals surface area contributed by atoms with Crippen LogP contribution in [0, 0.1) is 17.2 Å². The number of hydrogen-bond donors (Lipinski definition) is 1. The Kier molecular flexibility index (Phi) is 7.82. The molecule has 0 bridgehead atoms. The standard InChI is InChI=1S/C29H27ClN2O4/c1-18(2)12-13-34-22-5-3-4-20(15-22)28-24-11-10-23(16-26(24)36-29(32)25(28)17-31)35-27(33)14-19-6-8-21(30)9-7-19/h3-11,15-16,18,28H,12-14,32H2,1-2H3. The van der Waals surface area contributed by atoms with Gasteiger partial charge in [0.1, 0.15) is 28.9 Å². The minimum atomic E-state index is -0.439. The maximum atomic E-state index is 12.5. The second-order valence-electron chi connectivity index (χ2n) is 9.01. The fourth-order valence-electron chi connectivity index (χ4n) is 3.97. The summed E-state index contributed by atoms with van der Waals surface area (Å²) in [6.45, 7) is 4.91. The number of carbonyl (C=O) groups excluding carboxylic acids is 1. The number of allylic oxidation sites excluding steroid dienone is 1. The lowest BCUT2D eigenvalue weighted by atomic mass is 9.83. The Balaban J connectivity index is 1.57. The van der Waals surface area contributed by atoms with Crippen molar-refractivity contribution >= 4 is 17.6 Å². The Morgan fingerprint density at radius 1 is 1.11 bits per heavy atom. The molecule has 184 valence electrons. The van der Waals surface area contributed by atoms with Crippen LogP contribution in [0.2, 0.25) is 5.02 Å². The van der Waals surface area contributed by atoms with Gasteiger partial charge < -0.3 is 19.9 Å². The van der Waals surface area contributed by atoms with E-state index in [9.17, 15) is 10.1 Å². The van der Waals surface area contributed by atoms with Crippen LogP contribution in [0.3, 0.4) is 0 Å². The number of nitrogens with two attached hydrogens (primary N) is 1. The number of nitrogens with zero attached hydrogens (tertiary/aromatic N) is 1. The molecule has 7 heteroatoms. The number of benzene rings is 3. The van der Waals surface area contributed by atoms with Crippen molar-refractivity contribution in [3.8, 4) is 23.3 Å². The molecule has 0 amide bonds. The van der Waals surface area contributed by atoms with Crippen LogP contribution in [0.5, 0.6) is 17.2 Å². The highest BCUT2D eigenvalue weighted by molar-refractivity contribution is 6.30. The molecule has 0 spiro atoms. The molecule has 2 N–H and O–H groups in total. The van der Waals surface area contributed by atoms with Gasteiger partial charge in [-0.2, -0.15) is 5.26 Å². The van der Waals surface area contributed by atoms with Gasteiger partial charge in [0.15, 0.2) is 0 Å². The van der Waals surface area contributed by atoms with E-state index in [2.05, 4.69) is 19.9 Å². The first-order chi connectivity index (χ1) is 17.3. The first-order valence-corrected chi connectivity index (χ1v) is 12.1. The lowest BCUT2D eigenvalue weighted by Gasteiger charge is -2.27. The molecule has 3 aromatic rings. The van der Waals surface area contributed by atoms with Crippen molar-refractivity contribution in [2.75, 3.05) is 6.61 Å². The van der Waals surface area contributed by atoms with Gasteiger partial charge in [-0.25, -0.2) is 0 Å². The highest BCUT2D eigenvalue weighted by atomic mass is 35.5. The van der Waals surface area contributed by atoms with Crippen LogP contribution in [0.4, 0.5) is 0 Å². The summed E-state index contributed by atoms with van der Waals surface area (Å²) in [5.41, 5.74) is 8.84. The normalized spacial score (nSPS) is 14.6. The Bertz CT molecular complexity index is 1330. The first-order valence-electron chi connectivity index (χ1n) is 11.7. The molecule has 3 aromatic carbocycles. The van der Waals surface area contributed by atoms with Crippen molar-refractivity contribution in [1.29, 1.82) is 5.26 Å². The molecule has 36 heavy (non-hydrogen) atoms. The van der Waals surface area contributed by atoms with E-state index in [0.717, 1.165) is 28.9 Å². The third-order valence-electron chi connectivity index (χ3n) is 5.84. The number of ether oxygens (including phenoxy) is 3. The van der Waals surface area contributed by atoms with Crippen molar-refractivity contribution in [3.05, 3.63) is 99.9 Å². The number of rotatable bonds is 8. The molecule has 0 saturated heterocycles. The molecule has 0 fully saturated rings. The maximum Gasteiger partial charge on any atom is 0.315 e. The van der Waals surface area contributed by atoms with E-state index in [1.807, 2.05) is 24.3 Å². The number of carbonyl (C=O) groups is 1. The molecule has 1 atom stereocenters. The minimum Gasteiger partial charge on any atom is -0.494 e. The van der Waals surface area contributed by atoms with Crippen LogP contribution in [0.1, 0.15) is 42.9 Å². The number of hydrogen-bond acceptors (Lipinski definition) is 6. The Hall–Kier alpha value is -3.95. The lowest BCUT2D eigenvalue weighted by Crippen LogP contribution is -2.21. The molecule has 0 saturated carbocycles. The summed E-state index contributed by atoms with van der Waals surface area (Å²) in [6.07, 6.45) is 1.04. The van der Waals surface area contributed by atoms with E-state index in [1.54, 1.807) is 42.5 Å². The summed E-state index contributed by atoms with van der Waals surface area (Å²) in [5, 5.41) is 10.4. The van der Waals surface area contributed by atoms with Crippen molar-refractivity contribution in [1.82, 2.24) is 0 Å². The summed E-state index contributed by atoms with van der Waals surface area (Å²) in [6, 6.07) is 21.9. The highest BCUT2D eigenvalue weighted by Gasteiger charge is 2.31. The van der Waals surface area contributed by atoms with E-state index in [1.165, 1.54) is 0 Å². The van der Waals surface area contributed by atoms with E-state index in [0.29, 0.717) is 34.6 Å². The van der Waals surface area contributed by atoms with Crippen LogP contribution in [-0.4, -0.2) is 12.6 Å². The molecule has 1 heterocycles. The quantitative estimate of drug-likeness (QED) is 0.294.